The van der Waals surface area contributed by atoms with E-state index in [4.69, 9.17) is 4.74 Å². The molecule has 2 aromatic rings. The Morgan fingerprint density at radius 1 is 1.25 bits per heavy atom. The van der Waals surface area contributed by atoms with Crippen LogP contribution in [0.25, 0.3) is 0 Å². The van der Waals surface area contributed by atoms with E-state index in [0.29, 0.717) is 24.4 Å². The number of nitrogens with zero attached hydrogens (tertiary/aromatic N) is 2. The van der Waals surface area contributed by atoms with E-state index < -0.39 is 0 Å². The number of likely N-dealkylation sites (N-methyl/N-ethyl adjacent to an activating group) is 1. The van der Waals surface area contributed by atoms with E-state index in [9.17, 15) is 4.79 Å². The second kappa shape index (κ2) is 13.4. The Bertz CT molecular complexity index is 738. The monoisotopic (exact) mass is 516 g/mol. The molecule has 6 nitrogen and oxygen atoms in total. The number of methoxy groups -OCH3 is 1. The molecule has 1 aromatic heterocycles. The number of carbonyl (C=O) groups is 1. The van der Waals surface area contributed by atoms with Crippen LogP contribution >= 0.6 is 35.3 Å². The van der Waals surface area contributed by atoms with E-state index in [1.165, 1.54) is 4.88 Å². The number of carbonyl (C=O) groups excluding carboxylic acids is 1. The number of halogens is 1. The summed E-state index contributed by atoms with van der Waals surface area (Å²) < 4.78 is 5.15. The SMILES string of the molecule is CCNC(=NCCNC(=O)c1cccc(OC)c1)N(C)CCc1cccs1.I. The number of rotatable bonds is 9. The minimum atomic E-state index is -0.125. The molecule has 1 aromatic carbocycles. The summed E-state index contributed by atoms with van der Waals surface area (Å²) in [4.78, 5) is 20.3. The van der Waals surface area contributed by atoms with E-state index in [0.717, 1.165) is 25.5 Å². The summed E-state index contributed by atoms with van der Waals surface area (Å²) in [5.41, 5.74) is 0.582. The summed E-state index contributed by atoms with van der Waals surface area (Å²) in [5, 5.41) is 8.29. The van der Waals surface area contributed by atoms with Gasteiger partial charge in [-0.05, 0) is 43.0 Å². The first-order chi connectivity index (χ1) is 13.1. The van der Waals surface area contributed by atoms with Gasteiger partial charge in [0.25, 0.3) is 5.91 Å². The van der Waals surface area contributed by atoms with Crippen LogP contribution in [0.4, 0.5) is 0 Å². The van der Waals surface area contributed by atoms with Gasteiger partial charge in [-0.15, -0.1) is 35.3 Å². The molecule has 28 heavy (non-hydrogen) atoms. The molecule has 0 bridgehead atoms. The van der Waals surface area contributed by atoms with Crippen LogP contribution in [0.5, 0.6) is 5.75 Å². The molecule has 0 saturated heterocycles. The lowest BCUT2D eigenvalue weighted by Gasteiger charge is -2.21. The Labute approximate surface area is 188 Å². The van der Waals surface area contributed by atoms with Gasteiger partial charge in [-0.25, -0.2) is 0 Å². The molecule has 0 fully saturated rings. The fourth-order valence-electron chi connectivity index (χ4n) is 2.51. The molecule has 0 unspecified atom stereocenters. The smallest absolute Gasteiger partial charge is 0.251 e. The van der Waals surface area contributed by atoms with Gasteiger partial charge in [0.2, 0.25) is 0 Å². The zero-order valence-electron chi connectivity index (χ0n) is 16.6. The van der Waals surface area contributed by atoms with Crippen molar-refractivity contribution >= 4 is 47.2 Å². The van der Waals surface area contributed by atoms with Crippen molar-refractivity contribution in [1.82, 2.24) is 15.5 Å². The maximum atomic E-state index is 12.2. The van der Waals surface area contributed by atoms with Crippen molar-refractivity contribution in [2.75, 3.05) is 40.3 Å². The quantitative estimate of drug-likeness (QED) is 0.233. The van der Waals surface area contributed by atoms with Crippen LogP contribution in [0.15, 0.2) is 46.8 Å². The van der Waals surface area contributed by atoms with Crippen LogP contribution in [-0.4, -0.2) is 57.1 Å². The van der Waals surface area contributed by atoms with Crippen molar-refractivity contribution in [3.8, 4) is 5.75 Å². The van der Waals surface area contributed by atoms with Gasteiger partial charge in [0.05, 0.1) is 13.7 Å². The van der Waals surface area contributed by atoms with Crippen LogP contribution in [-0.2, 0) is 6.42 Å². The van der Waals surface area contributed by atoms with E-state index in [1.54, 1.807) is 36.6 Å². The van der Waals surface area contributed by atoms with Gasteiger partial charge in [-0.2, -0.15) is 0 Å². The molecule has 0 aliphatic heterocycles. The normalized spacial score (nSPS) is 10.8. The molecule has 0 spiro atoms. The molecule has 1 heterocycles. The predicted octanol–water partition coefficient (Wildman–Crippen LogP) is 3.24. The molecular weight excluding hydrogens is 487 g/mol. The van der Waals surface area contributed by atoms with Crippen molar-refractivity contribution in [3.05, 3.63) is 52.2 Å². The van der Waals surface area contributed by atoms with E-state index in [2.05, 4.69) is 38.0 Å². The standard InChI is InChI=1S/C20H28N4O2S.HI/c1-4-21-20(24(2)13-10-18-9-6-14-27-18)23-12-11-22-19(25)16-7-5-8-17(15-16)26-3;/h5-9,14-15H,4,10-13H2,1-3H3,(H,21,23)(H,22,25);1H. The topological polar surface area (TPSA) is 66.0 Å². The lowest BCUT2D eigenvalue weighted by atomic mass is 10.2. The number of amides is 1. The number of guanidine groups is 1. The highest BCUT2D eigenvalue weighted by atomic mass is 127. The fraction of sp³-hybridized carbons (Fsp3) is 0.400. The Morgan fingerprint density at radius 2 is 2.07 bits per heavy atom. The van der Waals surface area contributed by atoms with Crippen molar-refractivity contribution in [2.45, 2.75) is 13.3 Å². The first-order valence-electron chi connectivity index (χ1n) is 9.08. The largest absolute Gasteiger partial charge is 0.497 e. The summed E-state index contributed by atoms with van der Waals surface area (Å²) >= 11 is 1.77. The van der Waals surface area contributed by atoms with Crippen molar-refractivity contribution in [1.29, 1.82) is 0 Å². The van der Waals surface area contributed by atoms with Gasteiger partial charge in [0.1, 0.15) is 5.75 Å². The second-order valence-corrected chi connectivity index (χ2v) is 7.01. The molecule has 0 atom stereocenters. The van der Waals surface area contributed by atoms with Gasteiger partial charge in [0.15, 0.2) is 5.96 Å². The third-order valence-electron chi connectivity index (χ3n) is 3.96. The van der Waals surface area contributed by atoms with Gasteiger partial charge in [-0.1, -0.05) is 12.1 Å². The molecule has 0 aliphatic carbocycles. The highest BCUT2D eigenvalue weighted by molar-refractivity contribution is 14.0. The first-order valence-corrected chi connectivity index (χ1v) is 9.96. The summed E-state index contributed by atoms with van der Waals surface area (Å²) in [6.07, 6.45) is 0.991. The Morgan fingerprint density at radius 3 is 2.75 bits per heavy atom. The summed E-state index contributed by atoms with van der Waals surface area (Å²) in [5.74, 6) is 1.40. The highest BCUT2D eigenvalue weighted by Crippen LogP contribution is 2.12. The second-order valence-electron chi connectivity index (χ2n) is 5.97. The number of thiophene rings is 1. The Kier molecular flexibility index (Phi) is 11.6. The predicted molar refractivity (Wildman–Crippen MR) is 127 cm³/mol. The van der Waals surface area contributed by atoms with Crippen LogP contribution in [0.3, 0.4) is 0 Å². The molecule has 2 N–H and O–H groups in total. The molecule has 1 amide bonds. The molecule has 0 radical (unpaired) electrons. The average Bonchev–Trinajstić information content (AvgIpc) is 3.22. The van der Waals surface area contributed by atoms with Crippen LogP contribution < -0.4 is 15.4 Å². The Hall–Kier alpha value is -1.81. The van der Waals surface area contributed by atoms with Crippen molar-refractivity contribution in [2.24, 2.45) is 4.99 Å². The fourth-order valence-corrected chi connectivity index (χ4v) is 3.20. The van der Waals surface area contributed by atoms with Gasteiger partial charge in [0, 0.05) is 37.1 Å². The minimum absolute atomic E-state index is 0. The molecule has 2 rings (SSSR count). The number of hydrogen-bond acceptors (Lipinski definition) is 4. The van der Waals surface area contributed by atoms with Gasteiger partial charge in [-0.3, -0.25) is 9.79 Å². The first kappa shape index (κ1) is 24.2. The number of nitrogens with one attached hydrogen (secondary N) is 2. The number of benzene rings is 1. The molecular formula is C20H29IN4O2S. The minimum Gasteiger partial charge on any atom is -0.497 e. The van der Waals surface area contributed by atoms with Gasteiger partial charge < -0.3 is 20.3 Å². The maximum Gasteiger partial charge on any atom is 0.251 e. The highest BCUT2D eigenvalue weighted by Gasteiger charge is 2.08. The van der Waals surface area contributed by atoms with E-state index in [1.807, 2.05) is 20.0 Å². The number of aliphatic imine (C=N–C) groups is 1. The van der Waals surface area contributed by atoms with Crippen molar-refractivity contribution < 1.29 is 9.53 Å². The lowest BCUT2D eigenvalue weighted by Crippen LogP contribution is -2.40. The number of hydrogen-bond donors (Lipinski definition) is 2. The third-order valence-corrected chi connectivity index (χ3v) is 4.90. The van der Waals surface area contributed by atoms with Crippen molar-refractivity contribution in [3.63, 3.8) is 0 Å². The number of ether oxygens (including phenoxy) is 1. The molecule has 154 valence electrons. The lowest BCUT2D eigenvalue weighted by molar-refractivity contribution is 0.0954. The summed E-state index contributed by atoms with van der Waals surface area (Å²) in [6, 6.07) is 11.3. The zero-order chi connectivity index (χ0) is 19.5. The Balaban J connectivity index is 0.00000392. The maximum absolute atomic E-state index is 12.2. The third kappa shape index (κ3) is 8.05. The molecule has 0 aliphatic rings. The zero-order valence-corrected chi connectivity index (χ0v) is 19.8. The van der Waals surface area contributed by atoms with E-state index in [-0.39, 0.29) is 29.9 Å². The summed E-state index contributed by atoms with van der Waals surface area (Å²) in [7, 11) is 3.62. The van der Waals surface area contributed by atoms with E-state index >= 15 is 0 Å². The van der Waals surface area contributed by atoms with Crippen LogP contribution in [0.2, 0.25) is 0 Å². The van der Waals surface area contributed by atoms with Gasteiger partial charge >= 0.3 is 0 Å². The summed E-state index contributed by atoms with van der Waals surface area (Å²) in [6.45, 7) is 4.74. The molecule has 8 heteroatoms. The van der Waals surface area contributed by atoms with Crippen LogP contribution in [0, 0.1) is 0 Å². The van der Waals surface area contributed by atoms with Crippen LogP contribution in [0.1, 0.15) is 22.2 Å². The average molecular weight is 516 g/mol. The molecule has 0 saturated carbocycles.